The summed E-state index contributed by atoms with van der Waals surface area (Å²) in [7, 11) is 1.51. The van der Waals surface area contributed by atoms with E-state index in [4.69, 9.17) is 18.5 Å². The highest BCUT2D eigenvalue weighted by Gasteiger charge is 2.27. The summed E-state index contributed by atoms with van der Waals surface area (Å²) in [6.07, 6.45) is 79.1. The number of phosphoric acid groups is 1. The van der Waals surface area contributed by atoms with E-state index in [1.165, 1.54) is 321 Å². The van der Waals surface area contributed by atoms with E-state index in [9.17, 15) is 19.0 Å². The van der Waals surface area contributed by atoms with E-state index >= 15 is 0 Å². The van der Waals surface area contributed by atoms with E-state index in [0.717, 1.165) is 38.5 Å². The van der Waals surface area contributed by atoms with Crippen LogP contribution in [-0.2, 0) is 32.7 Å². The molecule has 0 aliphatic carbocycles. The van der Waals surface area contributed by atoms with E-state index < -0.39 is 26.5 Å². The molecule has 488 valence electrons. The van der Waals surface area contributed by atoms with Crippen molar-refractivity contribution < 1.29 is 42.1 Å². The Morgan fingerprint density at radius 3 is 0.902 bits per heavy atom. The van der Waals surface area contributed by atoms with Gasteiger partial charge in [0.2, 0.25) is 0 Å². The molecule has 0 spiro atoms. The van der Waals surface area contributed by atoms with Gasteiger partial charge in [-0.3, -0.25) is 18.6 Å². The fraction of sp³-hybridized carbons (Fsp3) is 0.944. The van der Waals surface area contributed by atoms with Crippen LogP contribution in [0, 0.1) is 0 Å². The summed E-state index contributed by atoms with van der Waals surface area (Å²) >= 11 is 0. The number of carbonyl (C=O) groups is 2. The fourth-order valence-corrected chi connectivity index (χ4v) is 11.9. The molecule has 0 aromatic carbocycles. The Labute approximate surface area is 511 Å². The van der Waals surface area contributed by atoms with Gasteiger partial charge in [0.1, 0.15) is 19.8 Å². The Morgan fingerprint density at radius 2 is 0.622 bits per heavy atom. The predicted molar refractivity (Wildman–Crippen MR) is 354 cm³/mol. The Morgan fingerprint density at radius 1 is 0.366 bits per heavy atom. The first-order valence-corrected chi connectivity index (χ1v) is 37.9. The summed E-state index contributed by atoms with van der Waals surface area (Å²) in [5.41, 5.74) is 0. The summed E-state index contributed by atoms with van der Waals surface area (Å²) in [6, 6.07) is 0. The second-order valence-corrected chi connectivity index (χ2v) is 27.8. The Hall–Kier alpha value is -1.25. The zero-order valence-electron chi connectivity index (χ0n) is 55.8. The SMILES string of the molecule is CCCCCCCCCC/C=C\CCCCCCCCCCCCCCCCCCCCCCCCCCCC(=O)OC(COC(=O)CCCCCCCCCCCCCCCCCCCCCCC)COP(=O)(O)OCC[N+](C)(C)C. The maximum absolute atomic E-state index is 12.9. The van der Waals surface area contributed by atoms with Crippen LogP contribution >= 0.6 is 7.82 Å². The highest BCUT2D eigenvalue weighted by atomic mass is 31.2. The summed E-state index contributed by atoms with van der Waals surface area (Å²) in [5.74, 6) is -0.769. The summed E-state index contributed by atoms with van der Waals surface area (Å²) < 4.78 is 34.7. The van der Waals surface area contributed by atoms with Gasteiger partial charge in [0.05, 0.1) is 27.7 Å². The first kappa shape index (κ1) is 80.8. The Balaban J connectivity index is 3.90. The van der Waals surface area contributed by atoms with Crippen molar-refractivity contribution in [2.24, 2.45) is 0 Å². The van der Waals surface area contributed by atoms with Crippen LogP contribution in [0.2, 0.25) is 0 Å². The number of quaternary nitrogens is 1. The highest BCUT2D eigenvalue weighted by Crippen LogP contribution is 2.43. The third-order valence-corrected chi connectivity index (χ3v) is 17.8. The smallest absolute Gasteiger partial charge is 0.462 e. The first-order valence-electron chi connectivity index (χ1n) is 36.4. The van der Waals surface area contributed by atoms with Crippen molar-refractivity contribution >= 4 is 19.8 Å². The molecule has 82 heavy (non-hydrogen) atoms. The molecule has 0 fully saturated rings. The van der Waals surface area contributed by atoms with Gasteiger partial charge in [0.25, 0.3) is 0 Å². The fourth-order valence-electron chi connectivity index (χ4n) is 11.2. The first-order chi connectivity index (χ1) is 40.0. The third kappa shape index (κ3) is 67.9. The van der Waals surface area contributed by atoms with Gasteiger partial charge in [-0.1, -0.05) is 347 Å². The number of esters is 2. The van der Waals surface area contributed by atoms with Gasteiger partial charge in [0, 0.05) is 12.8 Å². The zero-order chi connectivity index (χ0) is 59.8. The monoisotopic (exact) mass is 1180 g/mol. The van der Waals surface area contributed by atoms with Crippen LogP contribution in [0.5, 0.6) is 0 Å². The largest absolute Gasteiger partial charge is 0.472 e. The van der Waals surface area contributed by atoms with Gasteiger partial charge in [0.15, 0.2) is 6.10 Å². The zero-order valence-corrected chi connectivity index (χ0v) is 56.7. The van der Waals surface area contributed by atoms with Crippen molar-refractivity contribution in [1.82, 2.24) is 0 Å². The van der Waals surface area contributed by atoms with Crippen LogP contribution in [0.15, 0.2) is 12.2 Å². The molecule has 10 heteroatoms. The van der Waals surface area contributed by atoms with E-state index in [2.05, 4.69) is 26.0 Å². The van der Waals surface area contributed by atoms with E-state index in [1.807, 2.05) is 21.1 Å². The predicted octanol–water partition coefficient (Wildman–Crippen LogP) is 23.5. The Bertz CT molecular complexity index is 1390. The topological polar surface area (TPSA) is 108 Å². The summed E-state index contributed by atoms with van der Waals surface area (Å²) in [6.45, 7) is 4.52. The van der Waals surface area contributed by atoms with Crippen molar-refractivity contribution in [3.63, 3.8) is 0 Å². The van der Waals surface area contributed by atoms with E-state index in [0.29, 0.717) is 17.4 Å². The second kappa shape index (κ2) is 64.2. The van der Waals surface area contributed by atoms with Gasteiger partial charge >= 0.3 is 19.8 Å². The van der Waals surface area contributed by atoms with Gasteiger partial charge in [-0.05, 0) is 38.5 Å². The Kier molecular flexibility index (Phi) is 63.3. The molecule has 0 radical (unpaired) electrons. The van der Waals surface area contributed by atoms with Crippen LogP contribution < -0.4 is 0 Å². The molecule has 0 aromatic rings. The summed E-state index contributed by atoms with van der Waals surface area (Å²) in [4.78, 5) is 35.9. The number of hydrogen-bond donors (Lipinski definition) is 1. The molecule has 0 saturated heterocycles. The van der Waals surface area contributed by atoms with Crippen LogP contribution in [-0.4, -0.2) is 74.9 Å². The van der Waals surface area contributed by atoms with Crippen molar-refractivity contribution in [1.29, 1.82) is 0 Å². The van der Waals surface area contributed by atoms with Crippen LogP contribution in [0.4, 0.5) is 0 Å². The number of likely N-dealkylation sites (N-methyl/N-ethyl adjacent to an activating group) is 1. The lowest BCUT2D eigenvalue weighted by atomic mass is 10.0. The minimum Gasteiger partial charge on any atom is -0.462 e. The molecule has 0 aliphatic heterocycles. The molecule has 0 saturated carbocycles. The molecular formula is C72H143NO8P+. The maximum Gasteiger partial charge on any atom is 0.472 e. The normalized spacial score (nSPS) is 13.1. The highest BCUT2D eigenvalue weighted by molar-refractivity contribution is 7.47. The lowest BCUT2D eigenvalue weighted by Crippen LogP contribution is -2.37. The number of hydrogen-bond acceptors (Lipinski definition) is 7. The maximum atomic E-state index is 12.9. The second-order valence-electron chi connectivity index (χ2n) is 26.3. The standard InChI is InChI=1S/C72H142NO8P/c1-6-8-10-12-14-16-18-20-22-24-26-28-29-30-31-32-33-34-35-36-37-38-39-40-41-42-43-45-47-49-51-53-55-57-59-61-63-65-72(75)81-70(69-80-82(76,77)79-67-66-73(3,4)5)68-78-71(74)64-62-60-58-56-54-52-50-48-46-44-27-25-23-21-19-17-15-13-11-9-7-2/h24,26,70H,6-23,25,27-69H2,1-5H3/p+1/b26-24-. The lowest BCUT2D eigenvalue weighted by molar-refractivity contribution is -0.870. The number of carbonyl (C=O) groups excluding carboxylic acids is 2. The van der Waals surface area contributed by atoms with E-state index in [1.54, 1.807) is 0 Å². The summed E-state index contributed by atoms with van der Waals surface area (Å²) in [5, 5.41) is 0. The molecule has 0 amide bonds. The molecule has 1 N–H and O–H groups in total. The molecule has 0 bridgehead atoms. The number of allylic oxidation sites excluding steroid dienone is 2. The molecule has 0 heterocycles. The van der Waals surface area contributed by atoms with Gasteiger partial charge in [-0.15, -0.1) is 0 Å². The average Bonchev–Trinajstić information content (AvgIpc) is 3.46. The number of phosphoric ester groups is 1. The molecule has 0 aromatic heterocycles. The minimum absolute atomic E-state index is 0.0369. The average molecular weight is 1180 g/mol. The minimum atomic E-state index is -4.38. The molecular weight excluding hydrogens is 1040 g/mol. The molecule has 2 unspecified atom stereocenters. The van der Waals surface area contributed by atoms with E-state index in [-0.39, 0.29) is 25.6 Å². The number of unbranched alkanes of at least 4 members (excludes halogenated alkanes) is 53. The van der Waals surface area contributed by atoms with Crippen LogP contribution in [0.1, 0.15) is 386 Å². The molecule has 2 atom stereocenters. The molecule has 9 nitrogen and oxygen atoms in total. The third-order valence-electron chi connectivity index (χ3n) is 16.8. The van der Waals surface area contributed by atoms with Crippen molar-refractivity contribution in [2.75, 3.05) is 47.5 Å². The van der Waals surface area contributed by atoms with Crippen LogP contribution in [0.3, 0.4) is 0 Å². The number of rotatable bonds is 69. The lowest BCUT2D eigenvalue weighted by Gasteiger charge is -2.24. The molecule has 0 aliphatic rings. The van der Waals surface area contributed by atoms with Gasteiger partial charge in [-0.2, -0.15) is 0 Å². The number of nitrogens with zero attached hydrogens (tertiary/aromatic N) is 1. The van der Waals surface area contributed by atoms with Crippen molar-refractivity contribution in [3.05, 3.63) is 12.2 Å². The van der Waals surface area contributed by atoms with Gasteiger partial charge in [-0.25, -0.2) is 4.57 Å². The van der Waals surface area contributed by atoms with Crippen LogP contribution in [0.25, 0.3) is 0 Å². The van der Waals surface area contributed by atoms with Crippen molar-refractivity contribution in [2.45, 2.75) is 392 Å². The van der Waals surface area contributed by atoms with Crippen molar-refractivity contribution in [3.8, 4) is 0 Å². The number of ether oxygens (including phenoxy) is 2. The quantitative estimate of drug-likeness (QED) is 0.0211. The van der Waals surface area contributed by atoms with Gasteiger partial charge < -0.3 is 18.9 Å². The molecule has 0 rings (SSSR count).